The fraction of sp³-hybridized carbons (Fsp3) is 0.292. The topological polar surface area (TPSA) is 76.0 Å². The lowest BCUT2D eigenvalue weighted by atomic mass is 9.69. The summed E-state index contributed by atoms with van der Waals surface area (Å²) in [5, 5.41) is 10.00. The van der Waals surface area contributed by atoms with Gasteiger partial charge in [-0.05, 0) is 42.5 Å². The van der Waals surface area contributed by atoms with Gasteiger partial charge < -0.3 is 9.84 Å². The lowest BCUT2D eigenvalue weighted by Crippen LogP contribution is -2.37. The highest BCUT2D eigenvalue weighted by molar-refractivity contribution is 6.09. The first-order chi connectivity index (χ1) is 14.0. The normalized spacial score (nSPS) is 24.0. The quantitative estimate of drug-likeness (QED) is 0.801. The van der Waals surface area contributed by atoms with Crippen LogP contribution in [-0.4, -0.2) is 29.7 Å². The molecule has 3 atom stereocenters. The molecule has 2 aliphatic rings. The van der Waals surface area contributed by atoms with Crippen LogP contribution in [0.15, 0.2) is 70.9 Å². The van der Waals surface area contributed by atoms with Crippen molar-refractivity contribution in [1.29, 1.82) is 0 Å². The van der Waals surface area contributed by atoms with Gasteiger partial charge in [-0.3, -0.25) is 14.6 Å². The smallest absolute Gasteiger partial charge is 0.315 e. The number of rotatable bonds is 3. The van der Waals surface area contributed by atoms with E-state index in [-0.39, 0.29) is 17.5 Å². The Kier molecular flexibility index (Phi) is 5.05. The van der Waals surface area contributed by atoms with Crippen molar-refractivity contribution in [3.05, 3.63) is 77.0 Å². The van der Waals surface area contributed by atoms with Crippen molar-refractivity contribution < 1.29 is 19.4 Å². The summed E-state index contributed by atoms with van der Waals surface area (Å²) in [6, 6.07) is 16.7. The zero-order chi connectivity index (χ0) is 20.5. The molecule has 1 unspecified atom stereocenters. The lowest BCUT2D eigenvalue weighted by Gasteiger charge is -2.36. The van der Waals surface area contributed by atoms with Crippen LogP contribution in [-0.2, 0) is 14.3 Å². The fourth-order valence-corrected chi connectivity index (χ4v) is 4.53. The van der Waals surface area contributed by atoms with Gasteiger partial charge in [-0.2, -0.15) is 0 Å². The molecule has 148 valence electrons. The number of Topliss-reactive ketones (excluding diaryl/α,β-unsaturated/α-hetero) is 1. The number of phenolic OH excluding ortho intramolecular Hbond substituents is 1. The van der Waals surface area contributed by atoms with E-state index < -0.39 is 17.8 Å². The first-order valence-electron chi connectivity index (χ1n) is 9.72. The van der Waals surface area contributed by atoms with Crippen LogP contribution in [0, 0.1) is 5.92 Å². The van der Waals surface area contributed by atoms with Gasteiger partial charge in [0.15, 0.2) is 5.78 Å². The molecule has 0 radical (unpaired) electrons. The van der Waals surface area contributed by atoms with Gasteiger partial charge in [0.1, 0.15) is 11.7 Å². The van der Waals surface area contributed by atoms with Gasteiger partial charge in [0.25, 0.3) is 0 Å². The molecule has 0 saturated carbocycles. The number of ether oxygens (including phenoxy) is 1. The van der Waals surface area contributed by atoms with E-state index in [0.717, 1.165) is 11.3 Å². The van der Waals surface area contributed by atoms with Crippen molar-refractivity contribution in [3.8, 4) is 5.75 Å². The molecule has 1 aliphatic heterocycles. The van der Waals surface area contributed by atoms with E-state index in [1.807, 2.05) is 36.4 Å². The van der Waals surface area contributed by atoms with Crippen LogP contribution < -0.4 is 0 Å². The molecule has 2 aromatic carbocycles. The lowest BCUT2D eigenvalue weighted by molar-refractivity contribution is -0.143. The second kappa shape index (κ2) is 7.66. The molecular formula is C24H23NO4. The first-order valence-corrected chi connectivity index (χ1v) is 9.72. The fourth-order valence-electron chi connectivity index (χ4n) is 4.53. The van der Waals surface area contributed by atoms with E-state index in [2.05, 4.69) is 0 Å². The number of benzene rings is 2. The Morgan fingerprint density at radius 2 is 1.79 bits per heavy atom. The Labute approximate surface area is 169 Å². The standard InChI is InChI=1S/C24H23NO4/c1-14-21(24(28)29-2)22(16-9-6-10-18(26)11-16)23-19(25-14)12-17(13-20(23)27)15-7-4-3-5-8-15/h3-11,17,21-22,26H,12-13H2,1-2H3/t17-,21?,22+/m1/s1. The van der Waals surface area contributed by atoms with Crippen molar-refractivity contribution in [1.82, 2.24) is 0 Å². The molecule has 0 amide bonds. The third kappa shape index (κ3) is 3.48. The number of phenols is 1. The number of carbonyl (C=O) groups excluding carboxylic acids is 2. The predicted octanol–water partition coefficient (Wildman–Crippen LogP) is 4.14. The molecular weight excluding hydrogens is 366 g/mol. The summed E-state index contributed by atoms with van der Waals surface area (Å²) in [6.45, 7) is 1.80. The van der Waals surface area contributed by atoms with E-state index in [1.54, 1.807) is 25.1 Å². The van der Waals surface area contributed by atoms with E-state index in [1.165, 1.54) is 7.11 Å². The van der Waals surface area contributed by atoms with Crippen molar-refractivity contribution in [2.45, 2.75) is 31.6 Å². The molecule has 0 spiro atoms. The van der Waals surface area contributed by atoms with Gasteiger partial charge in [-0.1, -0.05) is 42.5 Å². The Balaban J connectivity index is 1.83. The second-order valence-corrected chi connectivity index (χ2v) is 7.63. The summed E-state index contributed by atoms with van der Waals surface area (Å²) in [6.07, 6.45) is 1.02. The highest BCUT2D eigenvalue weighted by Gasteiger charge is 2.44. The molecule has 5 heteroatoms. The van der Waals surface area contributed by atoms with Gasteiger partial charge in [-0.25, -0.2) is 0 Å². The van der Waals surface area contributed by atoms with Crippen LogP contribution in [0.1, 0.15) is 42.7 Å². The molecule has 4 rings (SSSR count). The molecule has 1 heterocycles. The van der Waals surface area contributed by atoms with Crippen LogP contribution in [0.2, 0.25) is 0 Å². The van der Waals surface area contributed by atoms with Gasteiger partial charge in [-0.15, -0.1) is 0 Å². The third-order valence-corrected chi connectivity index (χ3v) is 5.84. The number of carbonyl (C=O) groups is 2. The van der Waals surface area contributed by atoms with Crippen molar-refractivity contribution in [3.63, 3.8) is 0 Å². The van der Waals surface area contributed by atoms with Crippen molar-refractivity contribution in [2.75, 3.05) is 7.11 Å². The van der Waals surface area contributed by atoms with Crippen molar-refractivity contribution in [2.24, 2.45) is 10.9 Å². The largest absolute Gasteiger partial charge is 0.508 e. The number of ketones is 1. The minimum Gasteiger partial charge on any atom is -0.508 e. The highest BCUT2D eigenvalue weighted by atomic mass is 16.5. The van der Waals surface area contributed by atoms with E-state index >= 15 is 0 Å². The van der Waals surface area contributed by atoms with Crippen LogP contribution in [0.25, 0.3) is 0 Å². The summed E-state index contributed by atoms with van der Waals surface area (Å²) >= 11 is 0. The summed E-state index contributed by atoms with van der Waals surface area (Å²) in [7, 11) is 1.34. The van der Waals surface area contributed by atoms with E-state index in [4.69, 9.17) is 9.73 Å². The zero-order valence-corrected chi connectivity index (χ0v) is 16.5. The highest BCUT2D eigenvalue weighted by Crippen LogP contribution is 2.47. The molecule has 1 N–H and O–H groups in total. The average molecular weight is 389 g/mol. The monoisotopic (exact) mass is 389 g/mol. The number of esters is 1. The van der Waals surface area contributed by atoms with E-state index in [0.29, 0.717) is 29.7 Å². The number of methoxy groups -OCH3 is 1. The molecule has 2 aromatic rings. The SMILES string of the molecule is COC(=O)C1C(C)=NC2=C(C(=O)C[C@H](c3ccccc3)C2)[C@H]1c1cccc(O)c1. The number of aliphatic imine (C=N–C) groups is 1. The third-order valence-electron chi connectivity index (χ3n) is 5.84. The number of hydrogen-bond acceptors (Lipinski definition) is 5. The first kappa shape index (κ1) is 19.1. The Bertz CT molecular complexity index is 1020. The number of allylic oxidation sites excluding steroid dienone is 2. The Morgan fingerprint density at radius 3 is 2.48 bits per heavy atom. The van der Waals surface area contributed by atoms with Gasteiger partial charge >= 0.3 is 5.97 Å². The van der Waals surface area contributed by atoms with Crippen molar-refractivity contribution >= 4 is 17.5 Å². The minimum atomic E-state index is -0.683. The summed E-state index contributed by atoms with van der Waals surface area (Å²) in [5.41, 5.74) is 3.77. The molecule has 29 heavy (non-hydrogen) atoms. The second-order valence-electron chi connectivity index (χ2n) is 7.63. The Hall–Kier alpha value is -3.21. The molecule has 0 bridgehead atoms. The average Bonchev–Trinajstić information content (AvgIpc) is 2.72. The maximum absolute atomic E-state index is 13.3. The molecule has 0 saturated heterocycles. The van der Waals surface area contributed by atoms with Crippen LogP contribution in [0.3, 0.4) is 0 Å². The molecule has 0 aromatic heterocycles. The van der Waals surface area contributed by atoms with Gasteiger partial charge in [0.05, 0.1) is 7.11 Å². The molecule has 0 fully saturated rings. The van der Waals surface area contributed by atoms with Gasteiger partial charge in [0.2, 0.25) is 0 Å². The number of nitrogens with zero attached hydrogens (tertiary/aromatic N) is 1. The molecule has 1 aliphatic carbocycles. The summed E-state index contributed by atoms with van der Waals surface area (Å²) in [4.78, 5) is 30.6. The number of aromatic hydroxyl groups is 1. The van der Waals surface area contributed by atoms with Crippen LogP contribution in [0.5, 0.6) is 5.75 Å². The Morgan fingerprint density at radius 1 is 1.07 bits per heavy atom. The summed E-state index contributed by atoms with van der Waals surface area (Å²) < 4.78 is 5.03. The number of hydrogen-bond donors (Lipinski definition) is 1. The van der Waals surface area contributed by atoms with Crippen LogP contribution >= 0.6 is 0 Å². The van der Waals surface area contributed by atoms with Gasteiger partial charge in [0, 0.05) is 29.3 Å². The maximum Gasteiger partial charge on any atom is 0.315 e. The zero-order valence-electron chi connectivity index (χ0n) is 16.5. The summed E-state index contributed by atoms with van der Waals surface area (Å²) in [5.74, 6) is -1.45. The minimum absolute atomic E-state index is 0.00130. The van der Waals surface area contributed by atoms with E-state index in [9.17, 15) is 14.7 Å². The maximum atomic E-state index is 13.3. The molecule has 5 nitrogen and oxygen atoms in total. The van der Waals surface area contributed by atoms with Crippen LogP contribution in [0.4, 0.5) is 0 Å². The predicted molar refractivity (Wildman–Crippen MR) is 110 cm³/mol.